The van der Waals surface area contributed by atoms with Crippen molar-refractivity contribution in [2.24, 2.45) is 0 Å². The van der Waals surface area contributed by atoms with Gasteiger partial charge < -0.3 is 5.32 Å². The van der Waals surface area contributed by atoms with Gasteiger partial charge in [-0.25, -0.2) is 0 Å². The summed E-state index contributed by atoms with van der Waals surface area (Å²) in [5.74, 6) is 0.406. The van der Waals surface area contributed by atoms with Crippen LogP contribution < -0.4 is 5.32 Å². The summed E-state index contributed by atoms with van der Waals surface area (Å²) in [5.41, 5.74) is 3.34. The molecule has 0 fully saturated rings. The molecule has 0 aromatic heterocycles. The first kappa shape index (κ1) is 16.3. The Labute approximate surface area is 136 Å². The molecule has 0 saturated carbocycles. The van der Waals surface area contributed by atoms with E-state index in [1.54, 1.807) is 6.08 Å². The van der Waals surface area contributed by atoms with Gasteiger partial charge in [-0.2, -0.15) is 0 Å². The van der Waals surface area contributed by atoms with Gasteiger partial charge in [0, 0.05) is 17.6 Å². The van der Waals surface area contributed by atoms with Crippen LogP contribution in [0.2, 0.25) is 5.02 Å². The third kappa shape index (κ3) is 5.05. The summed E-state index contributed by atoms with van der Waals surface area (Å²) in [7, 11) is 0. The summed E-state index contributed by atoms with van der Waals surface area (Å²) in [6.45, 7) is 4.82. The van der Waals surface area contributed by atoms with Gasteiger partial charge in [0.15, 0.2) is 0 Å². The molecule has 3 heteroatoms. The molecule has 0 atom stereocenters. The lowest BCUT2D eigenvalue weighted by Gasteiger charge is -2.05. The van der Waals surface area contributed by atoms with E-state index in [2.05, 4.69) is 31.3 Å². The lowest BCUT2D eigenvalue weighted by molar-refractivity contribution is -0.116. The second kappa shape index (κ2) is 7.81. The van der Waals surface area contributed by atoms with E-state index in [9.17, 15) is 4.79 Å². The Balaban J connectivity index is 1.87. The van der Waals surface area contributed by atoms with Crippen molar-refractivity contribution in [2.75, 3.05) is 0 Å². The Morgan fingerprint density at radius 2 is 1.73 bits per heavy atom. The standard InChI is InChI=1S/C19H20ClNO/c1-14(2)17-8-3-15(4-9-17)7-12-19(22)21-13-16-5-10-18(20)11-6-16/h3-12,14H,13H2,1-2H3,(H,21,22). The van der Waals surface area contributed by atoms with Crippen molar-refractivity contribution in [3.63, 3.8) is 0 Å². The van der Waals surface area contributed by atoms with Gasteiger partial charge in [-0.15, -0.1) is 0 Å². The Morgan fingerprint density at radius 1 is 1.09 bits per heavy atom. The summed E-state index contributed by atoms with van der Waals surface area (Å²) >= 11 is 5.82. The van der Waals surface area contributed by atoms with Gasteiger partial charge in [-0.3, -0.25) is 4.79 Å². The minimum absolute atomic E-state index is 0.108. The molecule has 2 aromatic rings. The molecular weight excluding hydrogens is 294 g/mol. The maximum Gasteiger partial charge on any atom is 0.244 e. The van der Waals surface area contributed by atoms with Crippen molar-refractivity contribution in [1.82, 2.24) is 5.32 Å². The van der Waals surface area contributed by atoms with Crippen molar-refractivity contribution in [3.8, 4) is 0 Å². The van der Waals surface area contributed by atoms with Crippen LogP contribution in [0.4, 0.5) is 0 Å². The van der Waals surface area contributed by atoms with E-state index in [-0.39, 0.29) is 5.91 Å². The van der Waals surface area contributed by atoms with E-state index in [1.165, 1.54) is 5.56 Å². The van der Waals surface area contributed by atoms with Crippen molar-refractivity contribution in [1.29, 1.82) is 0 Å². The van der Waals surface area contributed by atoms with E-state index < -0.39 is 0 Å². The highest BCUT2D eigenvalue weighted by atomic mass is 35.5. The predicted octanol–water partition coefficient (Wildman–Crippen LogP) is 4.79. The first-order valence-corrected chi connectivity index (χ1v) is 7.72. The molecule has 0 heterocycles. The normalized spacial score (nSPS) is 11.1. The van der Waals surface area contributed by atoms with Gasteiger partial charge in [-0.1, -0.05) is 61.8 Å². The monoisotopic (exact) mass is 313 g/mol. The zero-order valence-corrected chi connectivity index (χ0v) is 13.6. The van der Waals surface area contributed by atoms with Crippen LogP contribution >= 0.6 is 11.6 Å². The Morgan fingerprint density at radius 3 is 2.32 bits per heavy atom. The minimum atomic E-state index is -0.108. The molecule has 0 aliphatic carbocycles. The number of nitrogens with one attached hydrogen (secondary N) is 1. The van der Waals surface area contributed by atoms with Crippen molar-refractivity contribution >= 4 is 23.6 Å². The fourth-order valence-corrected chi connectivity index (χ4v) is 2.14. The molecule has 0 radical (unpaired) electrons. The Hall–Kier alpha value is -2.06. The molecule has 22 heavy (non-hydrogen) atoms. The first-order chi connectivity index (χ1) is 10.5. The van der Waals surface area contributed by atoms with E-state index in [0.29, 0.717) is 17.5 Å². The first-order valence-electron chi connectivity index (χ1n) is 7.35. The second-order valence-electron chi connectivity index (χ2n) is 5.50. The number of carbonyl (C=O) groups excluding carboxylic acids is 1. The third-order valence-corrected chi connectivity index (χ3v) is 3.66. The molecule has 0 aliphatic rings. The summed E-state index contributed by atoms with van der Waals surface area (Å²) < 4.78 is 0. The molecular formula is C19H20ClNO. The highest BCUT2D eigenvalue weighted by molar-refractivity contribution is 6.30. The fraction of sp³-hybridized carbons (Fsp3) is 0.211. The van der Waals surface area contributed by atoms with Crippen LogP contribution in [-0.2, 0) is 11.3 Å². The largest absolute Gasteiger partial charge is 0.348 e. The van der Waals surface area contributed by atoms with Gasteiger partial charge in [0.25, 0.3) is 0 Å². The van der Waals surface area contributed by atoms with E-state index in [1.807, 2.05) is 42.5 Å². The van der Waals surface area contributed by atoms with Crippen LogP contribution in [0.15, 0.2) is 54.6 Å². The lowest BCUT2D eigenvalue weighted by atomic mass is 10.0. The van der Waals surface area contributed by atoms with E-state index >= 15 is 0 Å². The van der Waals surface area contributed by atoms with Crippen LogP contribution in [0.1, 0.15) is 36.5 Å². The molecule has 1 amide bonds. The molecule has 0 bridgehead atoms. The van der Waals surface area contributed by atoms with Gasteiger partial charge >= 0.3 is 0 Å². The lowest BCUT2D eigenvalue weighted by Crippen LogP contribution is -2.20. The highest BCUT2D eigenvalue weighted by Crippen LogP contribution is 2.15. The van der Waals surface area contributed by atoms with Gasteiger partial charge in [0.1, 0.15) is 0 Å². The van der Waals surface area contributed by atoms with Crippen molar-refractivity contribution in [2.45, 2.75) is 26.3 Å². The average molecular weight is 314 g/mol. The average Bonchev–Trinajstić information content (AvgIpc) is 2.52. The van der Waals surface area contributed by atoms with Crippen LogP contribution in [0, 0.1) is 0 Å². The topological polar surface area (TPSA) is 29.1 Å². The van der Waals surface area contributed by atoms with Crippen molar-refractivity contribution in [3.05, 3.63) is 76.3 Å². The Kier molecular flexibility index (Phi) is 5.79. The van der Waals surface area contributed by atoms with Crippen LogP contribution in [-0.4, -0.2) is 5.91 Å². The van der Waals surface area contributed by atoms with E-state index in [0.717, 1.165) is 11.1 Å². The molecule has 0 unspecified atom stereocenters. The van der Waals surface area contributed by atoms with Crippen LogP contribution in [0.3, 0.4) is 0 Å². The zero-order valence-electron chi connectivity index (χ0n) is 12.8. The maximum absolute atomic E-state index is 11.8. The quantitative estimate of drug-likeness (QED) is 0.790. The zero-order chi connectivity index (χ0) is 15.9. The number of hydrogen-bond donors (Lipinski definition) is 1. The molecule has 0 spiro atoms. The number of hydrogen-bond acceptors (Lipinski definition) is 1. The third-order valence-electron chi connectivity index (χ3n) is 3.41. The number of benzene rings is 2. The molecule has 114 valence electrons. The number of rotatable bonds is 5. The van der Waals surface area contributed by atoms with Gasteiger partial charge in [0.2, 0.25) is 5.91 Å². The van der Waals surface area contributed by atoms with Crippen molar-refractivity contribution < 1.29 is 4.79 Å². The molecule has 1 N–H and O–H groups in total. The number of halogens is 1. The minimum Gasteiger partial charge on any atom is -0.348 e. The maximum atomic E-state index is 11.8. The smallest absolute Gasteiger partial charge is 0.244 e. The molecule has 0 aliphatic heterocycles. The summed E-state index contributed by atoms with van der Waals surface area (Å²) in [6.07, 6.45) is 3.38. The fourth-order valence-electron chi connectivity index (χ4n) is 2.01. The van der Waals surface area contributed by atoms with Crippen LogP contribution in [0.25, 0.3) is 6.08 Å². The summed E-state index contributed by atoms with van der Waals surface area (Å²) in [4.78, 5) is 11.8. The van der Waals surface area contributed by atoms with Crippen LogP contribution in [0.5, 0.6) is 0 Å². The Bertz CT molecular complexity index is 642. The molecule has 0 saturated heterocycles. The highest BCUT2D eigenvalue weighted by Gasteiger charge is 1.99. The number of amides is 1. The number of carbonyl (C=O) groups is 1. The molecule has 2 nitrogen and oxygen atoms in total. The second-order valence-corrected chi connectivity index (χ2v) is 5.94. The summed E-state index contributed by atoms with van der Waals surface area (Å²) in [6, 6.07) is 15.7. The predicted molar refractivity (Wildman–Crippen MR) is 92.9 cm³/mol. The molecule has 2 aromatic carbocycles. The van der Waals surface area contributed by atoms with Gasteiger partial charge in [0.05, 0.1) is 0 Å². The molecule has 2 rings (SSSR count). The van der Waals surface area contributed by atoms with Gasteiger partial charge in [-0.05, 0) is 40.8 Å². The van der Waals surface area contributed by atoms with E-state index in [4.69, 9.17) is 11.6 Å². The SMILES string of the molecule is CC(C)c1ccc(C=CC(=O)NCc2ccc(Cl)cc2)cc1. The summed E-state index contributed by atoms with van der Waals surface area (Å²) in [5, 5.41) is 3.54.